The molecule has 21 heavy (non-hydrogen) atoms. The van der Waals surface area contributed by atoms with Gasteiger partial charge in [0.15, 0.2) is 5.78 Å². The molecule has 2 rings (SSSR count). The Kier molecular flexibility index (Phi) is 5.12. The Bertz CT molecular complexity index is 532. The molecular formula is C17H24N2O2. The van der Waals surface area contributed by atoms with Crippen LogP contribution < -0.4 is 0 Å². The molecule has 0 aliphatic carbocycles. The molecule has 4 heteroatoms. The number of carbonyl (C=O) groups is 2. The highest BCUT2D eigenvalue weighted by molar-refractivity contribution is 5.98. The van der Waals surface area contributed by atoms with Crippen LogP contribution in [0.2, 0.25) is 0 Å². The van der Waals surface area contributed by atoms with Crippen LogP contribution in [-0.2, 0) is 4.79 Å². The van der Waals surface area contributed by atoms with E-state index in [0.29, 0.717) is 18.4 Å². The summed E-state index contributed by atoms with van der Waals surface area (Å²) in [5.41, 5.74) is 3.01. The molecule has 1 aliphatic rings. The van der Waals surface area contributed by atoms with E-state index in [0.717, 1.165) is 31.7 Å². The zero-order valence-corrected chi connectivity index (χ0v) is 13.2. The average Bonchev–Trinajstić information content (AvgIpc) is 2.48. The van der Waals surface area contributed by atoms with E-state index in [4.69, 9.17) is 0 Å². The van der Waals surface area contributed by atoms with E-state index in [1.165, 1.54) is 5.56 Å². The average molecular weight is 288 g/mol. The molecule has 0 bridgehead atoms. The Morgan fingerprint density at radius 3 is 2.29 bits per heavy atom. The van der Waals surface area contributed by atoms with Crippen molar-refractivity contribution in [3.05, 3.63) is 34.9 Å². The van der Waals surface area contributed by atoms with Crippen LogP contribution in [0.1, 0.15) is 34.3 Å². The maximum Gasteiger partial charge on any atom is 0.223 e. The lowest BCUT2D eigenvalue weighted by molar-refractivity contribution is -0.132. The number of hydrogen-bond acceptors (Lipinski definition) is 3. The second kappa shape index (κ2) is 6.85. The highest BCUT2D eigenvalue weighted by atomic mass is 16.2. The predicted octanol–water partition coefficient (Wildman–Crippen LogP) is 2.04. The van der Waals surface area contributed by atoms with Crippen LogP contribution in [0.3, 0.4) is 0 Å². The third kappa shape index (κ3) is 4.14. The number of ketones is 1. The van der Waals surface area contributed by atoms with Gasteiger partial charge in [-0.3, -0.25) is 9.59 Å². The van der Waals surface area contributed by atoms with Crippen LogP contribution in [0.25, 0.3) is 0 Å². The summed E-state index contributed by atoms with van der Waals surface area (Å²) in [4.78, 5) is 28.4. The number of hydrogen-bond donors (Lipinski definition) is 0. The van der Waals surface area contributed by atoms with E-state index in [9.17, 15) is 9.59 Å². The first-order valence-electron chi connectivity index (χ1n) is 7.54. The molecule has 1 aromatic rings. The van der Waals surface area contributed by atoms with E-state index in [-0.39, 0.29) is 11.7 Å². The van der Waals surface area contributed by atoms with Crippen molar-refractivity contribution in [3.8, 4) is 0 Å². The molecule has 1 aliphatic heterocycles. The maximum absolute atomic E-state index is 12.2. The monoisotopic (exact) mass is 288 g/mol. The number of aryl methyl sites for hydroxylation is 2. The molecule has 0 aromatic heterocycles. The van der Waals surface area contributed by atoms with Crippen molar-refractivity contribution in [3.63, 3.8) is 0 Å². The second-order valence-corrected chi connectivity index (χ2v) is 5.91. The Hall–Kier alpha value is -1.68. The molecule has 1 aromatic carbocycles. The van der Waals surface area contributed by atoms with Crippen LogP contribution >= 0.6 is 0 Å². The predicted molar refractivity (Wildman–Crippen MR) is 83.6 cm³/mol. The van der Waals surface area contributed by atoms with Gasteiger partial charge in [-0.1, -0.05) is 12.1 Å². The van der Waals surface area contributed by atoms with Gasteiger partial charge in [0.25, 0.3) is 0 Å². The van der Waals surface area contributed by atoms with Crippen molar-refractivity contribution in [2.45, 2.75) is 26.7 Å². The first-order valence-corrected chi connectivity index (χ1v) is 7.54. The highest BCUT2D eigenvalue weighted by Crippen LogP contribution is 2.13. The first kappa shape index (κ1) is 15.7. The summed E-state index contributed by atoms with van der Waals surface area (Å²) < 4.78 is 0. The van der Waals surface area contributed by atoms with Gasteiger partial charge < -0.3 is 9.80 Å². The fourth-order valence-electron chi connectivity index (χ4n) is 2.49. The van der Waals surface area contributed by atoms with E-state index >= 15 is 0 Å². The van der Waals surface area contributed by atoms with Crippen molar-refractivity contribution < 1.29 is 9.59 Å². The molecule has 0 atom stereocenters. The molecule has 0 saturated carbocycles. The number of rotatable bonds is 4. The van der Waals surface area contributed by atoms with Gasteiger partial charge in [0.05, 0.1) is 0 Å². The maximum atomic E-state index is 12.2. The Balaban J connectivity index is 1.86. The zero-order valence-electron chi connectivity index (χ0n) is 13.2. The molecule has 0 spiro atoms. The standard InChI is InChI=1S/C17H24N2O2/c1-13-4-5-15(12-14(13)2)16(20)6-7-17(21)19-10-8-18(3)9-11-19/h4-5,12H,6-11H2,1-3H3. The molecule has 114 valence electrons. The smallest absolute Gasteiger partial charge is 0.223 e. The van der Waals surface area contributed by atoms with Crippen molar-refractivity contribution in [1.82, 2.24) is 9.80 Å². The number of amides is 1. The van der Waals surface area contributed by atoms with Crippen LogP contribution in [0, 0.1) is 13.8 Å². The first-order chi connectivity index (χ1) is 9.97. The molecule has 4 nitrogen and oxygen atoms in total. The third-order valence-electron chi connectivity index (χ3n) is 4.25. The van der Waals surface area contributed by atoms with E-state index in [1.54, 1.807) is 0 Å². The summed E-state index contributed by atoms with van der Waals surface area (Å²) >= 11 is 0. The molecule has 0 radical (unpaired) electrons. The minimum absolute atomic E-state index is 0.0561. The fraction of sp³-hybridized carbons (Fsp3) is 0.529. The van der Waals surface area contributed by atoms with Gasteiger partial charge >= 0.3 is 0 Å². The van der Waals surface area contributed by atoms with Gasteiger partial charge in [0.2, 0.25) is 5.91 Å². The number of piperazine rings is 1. The summed E-state index contributed by atoms with van der Waals surface area (Å²) in [6, 6.07) is 5.73. The lowest BCUT2D eigenvalue weighted by atomic mass is 10.0. The molecule has 0 unspecified atom stereocenters. The summed E-state index contributed by atoms with van der Waals surface area (Å²) in [6.07, 6.45) is 0.614. The van der Waals surface area contributed by atoms with Crippen LogP contribution in [0.15, 0.2) is 18.2 Å². The SMILES string of the molecule is Cc1ccc(C(=O)CCC(=O)N2CCN(C)CC2)cc1C. The van der Waals surface area contributed by atoms with Gasteiger partial charge in [0, 0.05) is 44.6 Å². The summed E-state index contributed by atoms with van der Waals surface area (Å²) in [6.45, 7) is 7.40. The number of carbonyl (C=O) groups excluding carboxylic acids is 2. The van der Waals surface area contributed by atoms with Gasteiger partial charge in [-0.25, -0.2) is 0 Å². The van der Waals surface area contributed by atoms with E-state index < -0.39 is 0 Å². The molecule has 1 amide bonds. The number of Topliss-reactive ketones (excluding diaryl/α,β-unsaturated/α-hetero) is 1. The summed E-state index contributed by atoms with van der Waals surface area (Å²) in [7, 11) is 2.06. The number of benzene rings is 1. The van der Waals surface area contributed by atoms with Gasteiger partial charge in [-0.05, 0) is 38.1 Å². The lowest BCUT2D eigenvalue weighted by Crippen LogP contribution is -2.47. The number of nitrogens with zero attached hydrogens (tertiary/aromatic N) is 2. The molecule has 1 saturated heterocycles. The van der Waals surface area contributed by atoms with Crippen LogP contribution in [0.5, 0.6) is 0 Å². The zero-order chi connectivity index (χ0) is 15.4. The van der Waals surface area contributed by atoms with E-state index in [1.807, 2.05) is 36.9 Å². The highest BCUT2D eigenvalue weighted by Gasteiger charge is 2.19. The van der Waals surface area contributed by atoms with Gasteiger partial charge in [-0.2, -0.15) is 0 Å². The summed E-state index contributed by atoms with van der Waals surface area (Å²) in [5, 5.41) is 0. The normalized spacial score (nSPS) is 16.0. The molecule has 1 fully saturated rings. The van der Waals surface area contributed by atoms with Crippen LogP contribution in [-0.4, -0.2) is 54.7 Å². The van der Waals surface area contributed by atoms with Gasteiger partial charge in [0.1, 0.15) is 0 Å². The third-order valence-corrected chi connectivity index (χ3v) is 4.25. The minimum atomic E-state index is 0.0561. The molecular weight excluding hydrogens is 264 g/mol. The Morgan fingerprint density at radius 1 is 1.00 bits per heavy atom. The topological polar surface area (TPSA) is 40.6 Å². The van der Waals surface area contributed by atoms with Crippen molar-refractivity contribution in [1.29, 1.82) is 0 Å². The number of likely N-dealkylation sites (N-methyl/N-ethyl adjacent to an activating group) is 1. The quantitative estimate of drug-likeness (QED) is 0.796. The summed E-state index contributed by atoms with van der Waals surface area (Å²) in [5.74, 6) is 0.154. The molecule has 1 heterocycles. The Labute approximate surface area is 126 Å². The van der Waals surface area contributed by atoms with Crippen molar-refractivity contribution in [2.24, 2.45) is 0 Å². The minimum Gasteiger partial charge on any atom is -0.340 e. The fourth-order valence-corrected chi connectivity index (χ4v) is 2.49. The van der Waals surface area contributed by atoms with E-state index in [2.05, 4.69) is 11.9 Å². The largest absolute Gasteiger partial charge is 0.340 e. The molecule has 0 N–H and O–H groups in total. The van der Waals surface area contributed by atoms with Gasteiger partial charge in [-0.15, -0.1) is 0 Å². The van der Waals surface area contributed by atoms with Crippen molar-refractivity contribution in [2.75, 3.05) is 33.2 Å². The van der Waals surface area contributed by atoms with Crippen molar-refractivity contribution >= 4 is 11.7 Å². The van der Waals surface area contributed by atoms with Crippen LogP contribution in [0.4, 0.5) is 0 Å². The second-order valence-electron chi connectivity index (χ2n) is 5.91. The lowest BCUT2D eigenvalue weighted by Gasteiger charge is -2.32. The Morgan fingerprint density at radius 2 is 1.67 bits per heavy atom.